The summed E-state index contributed by atoms with van der Waals surface area (Å²) in [6.07, 6.45) is 2.63. The van der Waals surface area contributed by atoms with E-state index in [1.165, 1.54) is 0 Å². The van der Waals surface area contributed by atoms with Crippen LogP contribution in [0.2, 0.25) is 0 Å². The average molecular weight is 412 g/mol. The fraction of sp³-hybridized carbons (Fsp3) is 0.318. The summed E-state index contributed by atoms with van der Waals surface area (Å²) in [6, 6.07) is 17.8. The molecule has 1 fully saturated rings. The highest BCUT2D eigenvalue weighted by Crippen LogP contribution is 2.25. The van der Waals surface area contributed by atoms with Gasteiger partial charge in [0.1, 0.15) is 6.04 Å². The molecule has 3 amide bonds. The number of carbonyl (C=O) groups is 3. The second kappa shape index (κ2) is 10.1. The van der Waals surface area contributed by atoms with Gasteiger partial charge in [0, 0.05) is 24.3 Å². The van der Waals surface area contributed by atoms with Crippen molar-refractivity contribution in [2.75, 3.05) is 28.8 Å². The summed E-state index contributed by atoms with van der Waals surface area (Å²) in [5, 5.41) is 5.71. The van der Waals surface area contributed by atoms with Crippen molar-refractivity contribution in [2.24, 2.45) is 5.92 Å². The van der Waals surface area contributed by atoms with Crippen LogP contribution in [0.25, 0.3) is 0 Å². The van der Waals surface area contributed by atoms with Crippen LogP contribution in [0.15, 0.2) is 60.7 Å². The Balaban J connectivity index is 1.63. The lowest BCUT2D eigenvalue weighted by Gasteiger charge is -2.21. The summed E-state index contributed by atoms with van der Waals surface area (Å²) in [5.74, 6) is -0.309. The van der Waals surface area contributed by atoms with Gasteiger partial charge in [0.05, 0.1) is 5.92 Å². The number of anilines is 2. The van der Waals surface area contributed by atoms with E-state index in [0.29, 0.717) is 18.7 Å². The normalized spacial score (nSPS) is 17.1. The Morgan fingerprint density at radius 2 is 1.76 bits per heavy atom. The minimum Gasteiger partial charge on any atom is -0.344 e. The number of nitrogens with one attached hydrogen (secondary N) is 2. The van der Waals surface area contributed by atoms with Crippen molar-refractivity contribution in [2.45, 2.75) is 18.9 Å². The van der Waals surface area contributed by atoms with Crippen LogP contribution in [-0.4, -0.2) is 42.3 Å². The molecule has 1 aliphatic heterocycles. The molecule has 0 bridgehead atoms. The highest BCUT2D eigenvalue weighted by atomic mass is 32.2. The molecule has 7 heteroatoms. The predicted octanol–water partition coefficient (Wildman–Crippen LogP) is 2.92. The minimum absolute atomic E-state index is 0.0780. The SMILES string of the molecule is CSCC[C@H](NC(=O)[C@H]1CC(=O)N(c2ccccc2)C1)C(=O)Nc1ccccc1. The molecular weight excluding hydrogens is 386 g/mol. The molecule has 6 nitrogen and oxygen atoms in total. The van der Waals surface area contributed by atoms with Crippen molar-refractivity contribution in [1.29, 1.82) is 0 Å². The smallest absolute Gasteiger partial charge is 0.246 e. The number of carbonyl (C=O) groups excluding carboxylic acids is 3. The number of hydrogen-bond acceptors (Lipinski definition) is 4. The van der Waals surface area contributed by atoms with E-state index >= 15 is 0 Å². The van der Waals surface area contributed by atoms with E-state index in [9.17, 15) is 14.4 Å². The Morgan fingerprint density at radius 3 is 2.41 bits per heavy atom. The third-order valence-electron chi connectivity index (χ3n) is 4.85. The van der Waals surface area contributed by atoms with Crippen LogP contribution in [-0.2, 0) is 14.4 Å². The van der Waals surface area contributed by atoms with Crippen LogP contribution in [0.1, 0.15) is 12.8 Å². The van der Waals surface area contributed by atoms with E-state index in [0.717, 1.165) is 11.4 Å². The second-order valence-corrected chi connectivity index (χ2v) is 7.92. The van der Waals surface area contributed by atoms with Gasteiger partial charge >= 0.3 is 0 Å². The van der Waals surface area contributed by atoms with Crippen molar-refractivity contribution in [3.8, 4) is 0 Å². The van der Waals surface area contributed by atoms with E-state index in [1.54, 1.807) is 28.8 Å². The number of nitrogens with zero attached hydrogens (tertiary/aromatic N) is 1. The maximum atomic E-state index is 12.8. The molecule has 29 heavy (non-hydrogen) atoms. The topological polar surface area (TPSA) is 78.5 Å². The van der Waals surface area contributed by atoms with E-state index in [-0.39, 0.29) is 24.1 Å². The molecule has 0 aromatic heterocycles. The van der Waals surface area contributed by atoms with E-state index < -0.39 is 12.0 Å². The quantitative estimate of drug-likeness (QED) is 0.700. The zero-order valence-electron chi connectivity index (χ0n) is 16.3. The van der Waals surface area contributed by atoms with Gasteiger partial charge in [-0.15, -0.1) is 0 Å². The molecule has 152 valence electrons. The Bertz CT molecular complexity index is 845. The molecule has 3 rings (SSSR count). The predicted molar refractivity (Wildman–Crippen MR) is 117 cm³/mol. The summed E-state index contributed by atoms with van der Waals surface area (Å²) < 4.78 is 0. The maximum absolute atomic E-state index is 12.8. The first kappa shape index (κ1) is 20.9. The molecular formula is C22H25N3O3S. The van der Waals surface area contributed by atoms with Crippen molar-refractivity contribution in [1.82, 2.24) is 5.32 Å². The van der Waals surface area contributed by atoms with Gasteiger partial charge in [0.25, 0.3) is 0 Å². The molecule has 2 aromatic rings. The molecule has 1 saturated heterocycles. The molecule has 0 saturated carbocycles. The lowest BCUT2D eigenvalue weighted by Crippen LogP contribution is -2.46. The Hall–Kier alpha value is -2.80. The third kappa shape index (κ3) is 5.60. The van der Waals surface area contributed by atoms with Crippen LogP contribution in [0.3, 0.4) is 0 Å². The molecule has 2 aromatic carbocycles. The highest BCUT2D eigenvalue weighted by molar-refractivity contribution is 7.98. The first-order valence-corrected chi connectivity index (χ1v) is 11.0. The Labute approximate surface area is 175 Å². The van der Waals surface area contributed by atoms with Crippen molar-refractivity contribution in [3.63, 3.8) is 0 Å². The number of benzene rings is 2. The largest absolute Gasteiger partial charge is 0.344 e. The summed E-state index contributed by atoms with van der Waals surface area (Å²) in [6.45, 7) is 0.324. The molecule has 0 unspecified atom stereocenters. The summed E-state index contributed by atoms with van der Waals surface area (Å²) in [7, 11) is 0. The number of amides is 3. The number of hydrogen-bond donors (Lipinski definition) is 2. The van der Waals surface area contributed by atoms with Gasteiger partial charge in [-0.2, -0.15) is 11.8 Å². The van der Waals surface area contributed by atoms with Crippen LogP contribution in [0.5, 0.6) is 0 Å². The van der Waals surface area contributed by atoms with Gasteiger partial charge < -0.3 is 15.5 Å². The number of rotatable bonds is 8. The molecule has 1 heterocycles. The van der Waals surface area contributed by atoms with Gasteiger partial charge in [0.15, 0.2) is 0 Å². The summed E-state index contributed by atoms with van der Waals surface area (Å²) in [5.41, 5.74) is 1.47. The van der Waals surface area contributed by atoms with E-state index in [4.69, 9.17) is 0 Å². The fourth-order valence-corrected chi connectivity index (χ4v) is 3.76. The van der Waals surface area contributed by atoms with Crippen LogP contribution >= 0.6 is 11.8 Å². The standard InChI is InChI=1S/C22H25N3O3S/c1-29-13-12-19(22(28)23-17-8-4-2-5-9-17)24-21(27)16-14-20(26)25(15-16)18-10-6-3-7-11-18/h2-11,16,19H,12-15H2,1H3,(H,23,28)(H,24,27)/t16-,19-/m0/s1. The Kier molecular flexibility index (Phi) is 7.30. The average Bonchev–Trinajstić information content (AvgIpc) is 3.14. The first-order valence-electron chi connectivity index (χ1n) is 9.59. The van der Waals surface area contributed by atoms with Gasteiger partial charge in [-0.25, -0.2) is 0 Å². The number of thioether (sulfide) groups is 1. The monoisotopic (exact) mass is 411 g/mol. The van der Waals surface area contributed by atoms with Crippen molar-refractivity contribution in [3.05, 3.63) is 60.7 Å². The van der Waals surface area contributed by atoms with Gasteiger partial charge in [-0.1, -0.05) is 36.4 Å². The molecule has 0 radical (unpaired) electrons. The molecule has 2 atom stereocenters. The maximum Gasteiger partial charge on any atom is 0.246 e. The van der Waals surface area contributed by atoms with Crippen LogP contribution in [0.4, 0.5) is 11.4 Å². The van der Waals surface area contributed by atoms with E-state index in [2.05, 4.69) is 10.6 Å². The highest BCUT2D eigenvalue weighted by Gasteiger charge is 2.36. The second-order valence-electron chi connectivity index (χ2n) is 6.94. The lowest BCUT2D eigenvalue weighted by molar-refractivity contribution is -0.129. The number of para-hydroxylation sites is 2. The fourth-order valence-electron chi connectivity index (χ4n) is 3.29. The van der Waals surface area contributed by atoms with Gasteiger partial charge in [-0.3, -0.25) is 14.4 Å². The Morgan fingerprint density at radius 1 is 1.10 bits per heavy atom. The molecule has 1 aliphatic rings. The molecule has 0 aliphatic carbocycles. The van der Waals surface area contributed by atoms with Crippen LogP contribution < -0.4 is 15.5 Å². The third-order valence-corrected chi connectivity index (χ3v) is 5.49. The van der Waals surface area contributed by atoms with Crippen LogP contribution in [0, 0.1) is 5.92 Å². The lowest BCUT2D eigenvalue weighted by atomic mass is 10.1. The minimum atomic E-state index is -0.643. The van der Waals surface area contributed by atoms with Crippen molar-refractivity contribution >= 4 is 40.9 Å². The zero-order chi connectivity index (χ0) is 20.6. The molecule has 2 N–H and O–H groups in total. The summed E-state index contributed by atoms with van der Waals surface area (Å²) in [4.78, 5) is 39.5. The van der Waals surface area contributed by atoms with Crippen molar-refractivity contribution < 1.29 is 14.4 Å². The van der Waals surface area contributed by atoms with E-state index in [1.807, 2.05) is 54.8 Å². The zero-order valence-corrected chi connectivity index (χ0v) is 17.2. The van der Waals surface area contributed by atoms with Gasteiger partial charge in [0.2, 0.25) is 17.7 Å². The van der Waals surface area contributed by atoms with Gasteiger partial charge in [-0.05, 0) is 42.7 Å². The first-order chi connectivity index (χ1) is 14.1. The summed E-state index contributed by atoms with van der Waals surface area (Å²) >= 11 is 1.62. The molecule has 0 spiro atoms.